The van der Waals surface area contributed by atoms with Crippen LogP contribution in [0.3, 0.4) is 0 Å². The first-order valence-electron chi connectivity index (χ1n) is 11.0. The topological polar surface area (TPSA) is 73.9 Å². The van der Waals surface area contributed by atoms with E-state index in [-0.39, 0.29) is 11.9 Å². The van der Waals surface area contributed by atoms with Crippen molar-refractivity contribution < 1.29 is 4.79 Å². The molecule has 1 aliphatic rings. The van der Waals surface area contributed by atoms with Gasteiger partial charge in [0.2, 0.25) is 0 Å². The monoisotopic (exact) mass is 433 g/mol. The zero-order valence-electron chi connectivity index (χ0n) is 17.7. The molecule has 2 aromatic carbocycles. The van der Waals surface area contributed by atoms with Crippen molar-refractivity contribution in [2.45, 2.75) is 51.2 Å². The Labute approximate surface area is 185 Å². The molecule has 2 aromatic heterocycles. The highest BCUT2D eigenvalue weighted by atomic mass is 32.1. The number of aromatic amines is 1. The molecule has 0 radical (unpaired) electrons. The predicted molar refractivity (Wildman–Crippen MR) is 125 cm³/mol. The fraction of sp³-hybridized carbons (Fsp3) is 0.375. The smallest absolute Gasteiger partial charge is 0.289 e. The number of H-pyrrole nitrogens is 1. The number of fused-ring (bicyclic) bond motifs is 2. The summed E-state index contributed by atoms with van der Waals surface area (Å²) >= 11 is 1.75. The van der Waals surface area contributed by atoms with Crippen LogP contribution in [0, 0.1) is 0 Å². The molecule has 0 saturated heterocycles. The molecule has 1 aliphatic carbocycles. The van der Waals surface area contributed by atoms with Gasteiger partial charge in [-0.05, 0) is 56.9 Å². The van der Waals surface area contributed by atoms with Gasteiger partial charge < -0.3 is 15.2 Å². The summed E-state index contributed by atoms with van der Waals surface area (Å²) < 4.78 is 1.23. The first kappa shape index (κ1) is 20.2. The zero-order chi connectivity index (χ0) is 21.2. The minimum Gasteiger partial charge on any atom is -0.334 e. The number of hydrogen-bond acceptors (Lipinski definition) is 5. The predicted octanol–water partition coefficient (Wildman–Crippen LogP) is 4.74. The number of nitrogens with zero attached hydrogens (tertiary/aromatic N) is 3. The first-order chi connectivity index (χ1) is 15.2. The molecule has 2 heterocycles. The van der Waals surface area contributed by atoms with Gasteiger partial charge in [0.05, 0.1) is 21.3 Å². The molecule has 0 spiro atoms. The lowest BCUT2D eigenvalue weighted by atomic mass is 9.89. The van der Waals surface area contributed by atoms with Crippen LogP contribution in [0.1, 0.15) is 48.2 Å². The molecule has 1 saturated carbocycles. The van der Waals surface area contributed by atoms with Crippen molar-refractivity contribution in [3.05, 3.63) is 59.4 Å². The molecule has 160 valence electrons. The van der Waals surface area contributed by atoms with Crippen LogP contribution in [-0.2, 0) is 6.54 Å². The Hall–Kier alpha value is -2.77. The summed E-state index contributed by atoms with van der Waals surface area (Å²) in [5, 5.41) is 4.81. The lowest BCUT2D eigenvalue weighted by molar-refractivity contribution is 0.0617. The van der Waals surface area contributed by atoms with E-state index >= 15 is 0 Å². The molecule has 1 fully saturated rings. The number of para-hydroxylation sites is 3. The van der Waals surface area contributed by atoms with Gasteiger partial charge in [-0.3, -0.25) is 4.79 Å². The van der Waals surface area contributed by atoms with Crippen LogP contribution < -0.4 is 5.32 Å². The molecule has 0 unspecified atom stereocenters. The van der Waals surface area contributed by atoms with Gasteiger partial charge in [-0.1, -0.05) is 24.3 Å². The number of nitrogens with one attached hydrogen (secondary N) is 2. The maximum Gasteiger partial charge on any atom is 0.289 e. The van der Waals surface area contributed by atoms with Gasteiger partial charge in [0.1, 0.15) is 5.01 Å². The Morgan fingerprint density at radius 3 is 2.74 bits per heavy atom. The summed E-state index contributed by atoms with van der Waals surface area (Å²) in [6.45, 7) is 3.52. The van der Waals surface area contributed by atoms with Crippen molar-refractivity contribution in [3.63, 3.8) is 0 Å². The summed E-state index contributed by atoms with van der Waals surface area (Å²) in [6, 6.07) is 16.7. The van der Waals surface area contributed by atoms with Gasteiger partial charge >= 0.3 is 0 Å². The third-order valence-electron chi connectivity index (χ3n) is 6.16. The van der Waals surface area contributed by atoms with E-state index in [2.05, 4.69) is 40.4 Å². The maximum atomic E-state index is 13.2. The van der Waals surface area contributed by atoms with Gasteiger partial charge in [0.25, 0.3) is 5.91 Å². The molecule has 5 rings (SSSR count). The normalized spacial score (nSPS) is 19.1. The van der Waals surface area contributed by atoms with E-state index in [9.17, 15) is 4.79 Å². The average Bonchev–Trinajstić information content (AvgIpc) is 3.42. The number of aromatic nitrogens is 3. The Morgan fingerprint density at radius 2 is 1.94 bits per heavy atom. The average molecular weight is 434 g/mol. The fourth-order valence-electron chi connectivity index (χ4n) is 4.62. The van der Waals surface area contributed by atoms with Gasteiger partial charge in [0, 0.05) is 25.2 Å². The largest absolute Gasteiger partial charge is 0.334 e. The van der Waals surface area contributed by atoms with Crippen LogP contribution >= 0.6 is 11.3 Å². The van der Waals surface area contributed by atoms with Gasteiger partial charge in [-0.25, -0.2) is 9.97 Å². The molecule has 0 bridgehead atoms. The van der Waals surface area contributed by atoms with Crippen LogP contribution in [-0.4, -0.2) is 44.4 Å². The van der Waals surface area contributed by atoms with Crippen molar-refractivity contribution in [1.82, 2.24) is 25.2 Å². The molecule has 2 atom stereocenters. The van der Waals surface area contributed by atoms with Crippen LogP contribution in [0.5, 0.6) is 0 Å². The summed E-state index contributed by atoms with van der Waals surface area (Å²) in [4.78, 5) is 27.7. The molecule has 0 aliphatic heterocycles. The van der Waals surface area contributed by atoms with Crippen LogP contribution in [0.4, 0.5) is 0 Å². The third kappa shape index (κ3) is 4.20. The van der Waals surface area contributed by atoms with E-state index in [1.165, 1.54) is 4.70 Å². The van der Waals surface area contributed by atoms with Gasteiger partial charge in [-0.2, -0.15) is 0 Å². The second-order valence-electron chi connectivity index (χ2n) is 8.17. The zero-order valence-corrected chi connectivity index (χ0v) is 18.5. The second-order valence-corrected chi connectivity index (χ2v) is 9.28. The number of benzene rings is 2. The molecule has 2 N–H and O–H groups in total. The van der Waals surface area contributed by atoms with E-state index in [1.807, 2.05) is 35.2 Å². The Bertz CT molecular complexity index is 1130. The van der Waals surface area contributed by atoms with Crippen molar-refractivity contribution in [2.75, 3.05) is 6.54 Å². The highest BCUT2D eigenvalue weighted by molar-refractivity contribution is 7.18. The third-order valence-corrected chi connectivity index (χ3v) is 7.20. The minimum absolute atomic E-state index is 0.00415. The Balaban J connectivity index is 1.25. The van der Waals surface area contributed by atoms with Crippen LogP contribution in [0.2, 0.25) is 0 Å². The number of hydrogen-bond donors (Lipinski definition) is 2. The second kappa shape index (κ2) is 8.77. The van der Waals surface area contributed by atoms with E-state index in [1.54, 1.807) is 11.3 Å². The molecular weight excluding hydrogens is 406 g/mol. The SMILES string of the molecule is CCN(C(=O)c1nc2ccccc2[nH]1)[C@H]1CCC[C@@H](NCc2nc3ccccc3s2)C1. The van der Waals surface area contributed by atoms with Crippen LogP contribution in [0.15, 0.2) is 48.5 Å². The number of thiazole rings is 1. The van der Waals surface area contributed by atoms with Gasteiger partial charge in [0.15, 0.2) is 5.82 Å². The van der Waals surface area contributed by atoms with Crippen molar-refractivity contribution >= 4 is 38.5 Å². The fourth-order valence-corrected chi connectivity index (χ4v) is 5.54. The Kier molecular flexibility index (Phi) is 5.70. The molecule has 4 aromatic rings. The molecule has 1 amide bonds. The quantitative estimate of drug-likeness (QED) is 0.461. The van der Waals surface area contributed by atoms with Crippen molar-refractivity contribution in [2.24, 2.45) is 0 Å². The minimum atomic E-state index is -0.00415. The molecule has 6 nitrogen and oxygen atoms in total. The van der Waals surface area contributed by atoms with Crippen molar-refractivity contribution in [3.8, 4) is 0 Å². The number of rotatable bonds is 6. The van der Waals surface area contributed by atoms with Crippen molar-refractivity contribution in [1.29, 1.82) is 0 Å². The summed E-state index contributed by atoms with van der Waals surface area (Å²) in [6.07, 6.45) is 4.26. The van der Waals surface area contributed by atoms with Crippen LogP contribution in [0.25, 0.3) is 21.3 Å². The standard InChI is InChI=1S/C24H27N5OS/c1-2-29(24(30)23-27-18-10-3-4-11-19(18)28-23)17-9-7-8-16(14-17)25-15-22-26-20-12-5-6-13-21(20)31-22/h3-6,10-13,16-17,25H,2,7-9,14-15H2,1H3,(H,27,28)/t16-,17+/m1/s1. The van der Waals surface area contributed by atoms with E-state index < -0.39 is 0 Å². The number of carbonyl (C=O) groups is 1. The van der Waals surface area contributed by atoms with E-state index in [4.69, 9.17) is 4.98 Å². The maximum absolute atomic E-state index is 13.2. The highest BCUT2D eigenvalue weighted by Gasteiger charge is 2.30. The number of imidazole rings is 1. The molecular formula is C24H27N5OS. The van der Waals surface area contributed by atoms with E-state index in [0.29, 0.717) is 18.4 Å². The Morgan fingerprint density at radius 1 is 1.13 bits per heavy atom. The molecule has 7 heteroatoms. The molecule has 31 heavy (non-hydrogen) atoms. The summed E-state index contributed by atoms with van der Waals surface area (Å²) in [7, 11) is 0. The number of amides is 1. The van der Waals surface area contributed by atoms with E-state index in [0.717, 1.165) is 53.8 Å². The van der Waals surface area contributed by atoms with Gasteiger partial charge in [-0.15, -0.1) is 11.3 Å². The first-order valence-corrected chi connectivity index (χ1v) is 11.9. The highest BCUT2D eigenvalue weighted by Crippen LogP contribution is 2.26. The summed E-state index contributed by atoms with van der Waals surface area (Å²) in [5.41, 5.74) is 2.81. The summed E-state index contributed by atoms with van der Waals surface area (Å²) in [5.74, 6) is 0.433. The lowest BCUT2D eigenvalue weighted by Gasteiger charge is -2.37. The lowest BCUT2D eigenvalue weighted by Crippen LogP contribution is -2.47. The number of carbonyl (C=O) groups excluding carboxylic acids is 1.